The maximum atomic E-state index is 12.2. The molecule has 1 aliphatic rings. The highest BCUT2D eigenvalue weighted by Gasteiger charge is 2.29. The molecule has 0 saturated heterocycles. The molecule has 2 aromatic rings. The molecule has 1 aromatic carbocycles. The molecule has 0 radical (unpaired) electrons. The number of aliphatic imine (C=N–C) groups is 1. The van der Waals surface area contributed by atoms with E-state index in [1.165, 1.54) is 10.6 Å². The molecule has 0 aliphatic carbocycles. The summed E-state index contributed by atoms with van der Waals surface area (Å²) in [6.45, 7) is 3.61. The number of rotatable bonds is 1. The van der Waals surface area contributed by atoms with E-state index in [0.717, 1.165) is 0 Å². The Hall–Kier alpha value is -2.54. The Morgan fingerprint density at radius 1 is 1.30 bits per heavy atom. The van der Waals surface area contributed by atoms with Crippen molar-refractivity contribution in [1.29, 1.82) is 0 Å². The Balaban J connectivity index is 2.23. The van der Waals surface area contributed by atoms with Crippen LogP contribution in [-0.2, 0) is 0 Å². The third-order valence-corrected chi connectivity index (χ3v) is 3.57. The zero-order valence-electron chi connectivity index (χ0n) is 12.6. The van der Waals surface area contributed by atoms with Crippen molar-refractivity contribution in [2.24, 2.45) is 4.99 Å². The molecule has 1 N–H and O–H groups in total. The Morgan fingerprint density at radius 3 is 2.78 bits per heavy atom. The first-order valence-corrected chi connectivity index (χ1v) is 7.42. The lowest BCUT2D eigenvalue weighted by molar-refractivity contribution is 0.0984. The Kier molecular flexibility index (Phi) is 3.73. The standard InChI is InChI=1S/C16H15N3O3S/c1-16(2)17-14(19-8-4-3-5-13(19)20)11-9-10(15(21)18-23)6-7-12(11)22-16/h3-9,23H,1-2H3,(H,18,21). The summed E-state index contributed by atoms with van der Waals surface area (Å²) >= 11 is 3.77. The van der Waals surface area contributed by atoms with Crippen LogP contribution in [0.5, 0.6) is 5.75 Å². The zero-order valence-corrected chi connectivity index (χ0v) is 13.5. The highest BCUT2D eigenvalue weighted by molar-refractivity contribution is 7.78. The number of nitrogens with one attached hydrogen (secondary N) is 1. The van der Waals surface area contributed by atoms with Crippen LogP contribution in [0, 0.1) is 0 Å². The molecule has 0 atom stereocenters. The normalized spacial score (nSPS) is 15.2. The minimum absolute atomic E-state index is 0.209. The number of carbonyl (C=O) groups excluding carboxylic acids is 1. The van der Waals surface area contributed by atoms with E-state index in [4.69, 9.17) is 4.74 Å². The Morgan fingerprint density at radius 2 is 2.09 bits per heavy atom. The van der Waals surface area contributed by atoms with Crippen molar-refractivity contribution >= 4 is 24.6 Å². The van der Waals surface area contributed by atoms with E-state index < -0.39 is 5.72 Å². The van der Waals surface area contributed by atoms with Gasteiger partial charge in [-0.3, -0.25) is 18.9 Å². The van der Waals surface area contributed by atoms with E-state index in [9.17, 15) is 9.59 Å². The molecule has 7 heteroatoms. The van der Waals surface area contributed by atoms with Crippen molar-refractivity contribution in [3.8, 4) is 5.75 Å². The van der Waals surface area contributed by atoms with Gasteiger partial charge in [0.25, 0.3) is 11.5 Å². The predicted molar refractivity (Wildman–Crippen MR) is 90.2 cm³/mol. The van der Waals surface area contributed by atoms with Gasteiger partial charge in [0.15, 0.2) is 5.72 Å². The van der Waals surface area contributed by atoms with E-state index in [2.05, 4.69) is 22.5 Å². The summed E-state index contributed by atoms with van der Waals surface area (Å²) < 4.78 is 9.54. The van der Waals surface area contributed by atoms with E-state index in [0.29, 0.717) is 22.7 Å². The van der Waals surface area contributed by atoms with Crippen molar-refractivity contribution in [2.75, 3.05) is 0 Å². The van der Waals surface area contributed by atoms with Crippen molar-refractivity contribution in [3.05, 3.63) is 64.1 Å². The van der Waals surface area contributed by atoms with Gasteiger partial charge in [-0.2, -0.15) is 0 Å². The van der Waals surface area contributed by atoms with E-state index in [-0.39, 0.29) is 11.5 Å². The molecule has 118 valence electrons. The number of nitrogens with zero attached hydrogens (tertiary/aromatic N) is 2. The molecular formula is C16H15N3O3S. The molecule has 0 bridgehead atoms. The summed E-state index contributed by atoms with van der Waals surface area (Å²) in [7, 11) is 0. The fourth-order valence-corrected chi connectivity index (χ4v) is 2.52. The summed E-state index contributed by atoms with van der Waals surface area (Å²) in [6.07, 6.45) is 1.64. The molecule has 3 rings (SSSR count). The molecule has 23 heavy (non-hydrogen) atoms. The second-order valence-corrected chi connectivity index (χ2v) is 5.77. The highest BCUT2D eigenvalue weighted by atomic mass is 32.1. The average molecular weight is 329 g/mol. The summed E-state index contributed by atoms with van der Waals surface area (Å²) in [5.74, 6) is 0.655. The fourth-order valence-electron chi connectivity index (χ4n) is 2.39. The highest BCUT2D eigenvalue weighted by Crippen LogP contribution is 2.31. The second-order valence-electron chi connectivity index (χ2n) is 5.54. The molecule has 6 nitrogen and oxygen atoms in total. The maximum Gasteiger partial charge on any atom is 0.260 e. The van der Waals surface area contributed by atoms with Crippen LogP contribution in [0.4, 0.5) is 0 Å². The number of pyridine rings is 1. The number of fused-ring (bicyclic) bond motifs is 1. The second kappa shape index (κ2) is 5.58. The van der Waals surface area contributed by atoms with Gasteiger partial charge in [-0.25, -0.2) is 4.99 Å². The van der Waals surface area contributed by atoms with Crippen LogP contribution >= 0.6 is 12.8 Å². The van der Waals surface area contributed by atoms with Gasteiger partial charge < -0.3 is 4.74 Å². The van der Waals surface area contributed by atoms with E-state index in [1.54, 1.807) is 50.4 Å². The van der Waals surface area contributed by atoms with Gasteiger partial charge in [0.2, 0.25) is 0 Å². The molecule has 0 spiro atoms. The van der Waals surface area contributed by atoms with Gasteiger partial charge in [0.1, 0.15) is 11.6 Å². The minimum atomic E-state index is -0.815. The zero-order chi connectivity index (χ0) is 16.6. The number of ether oxygens (including phenoxy) is 1. The lowest BCUT2D eigenvalue weighted by Crippen LogP contribution is -2.37. The molecule has 1 aliphatic heterocycles. The van der Waals surface area contributed by atoms with Gasteiger partial charge in [-0.05, 0) is 38.1 Å². The smallest absolute Gasteiger partial charge is 0.260 e. The van der Waals surface area contributed by atoms with Gasteiger partial charge in [0, 0.05) is 17.8 Å². The van der Waals surface area contributed by atoms with Crippen molar-refractivity contribution in [3.63, 3.8) is 0 Å². The minimum Gasteiger partial charge on any atom is -0.466 e. The third kappa shape index (κ3) is 2.87. The maximum absolute atomic E-state index is 12.2. The third-order valence-electron chi connectivity index (χ3n) is 3.37. The largest absolute Gasteiger partial charge is 0.466 e. The number of thiol groups is 1. The average Bonchev–Trinajstić information content (AvgIpc) is 2.52. The monoisotopic (exact) mass is 329 g/mol. The lowest BCUT2D eigenvalue weighted by Gasteiger charge is -2.30. The van der Waals surface area contributed by atoms with Crippen molar-refractivity contribution in [2.45, 2.75) is 19.6 Å². The molecule has 0 fully saturated rings. The number of aromatic nitrogens is 1. The number of carbonyl (C=O) groups is 1. The van der Waals surface area contributed by atoms with Crippen LogP contribution in [-0.4, -0.2) is 22.0 Å². The molecule has 1 aromatic heterocycles. The predicted octanol–water partition coefficient (Wildman–Crippen LogP) is 1.85. The SMILES string of the molecule is CC1(C)N=C(n2ccccc2=O)c2cc(C(=O)NS)ccc2O1. The Bertz CT molecular complexity index is 871. The lowest BCUT2D eigenvalue weighted by atomic mass is 10.1. The summed E-state index contributed by atoms with van der Waals surface area (Å²) in [5, 5.41) is 0. The summed E-state index contributed by atoms with van der Waals surface area (Å²) in [4.78, 5) is 28.5. The van der Waals surface area contributed by atoms with Crippen LogP contribution in [0.2, 0.25) is 0 Å². The first kappa shape index (κ1) is 15.4. The van der Waals surface area contributed by atoms with Gasteiger partial charge in [0.05, 0.1) is 5.56 Å². The first-order valence-electron chi connectivity index (χ1n) is 6.97. The van der Waals surface area contributed by atoms with Gasteiger partial charge in [-0.15, -0.1) is 0 Å². The number of benzene rings is 1. The molecule has 0 saturated carbocycles. The van der Waals surface area contributed by atoms with Crippen LogP contribution < -0.4 is 15.0 Å². The quantitative estimate of drug-likeness (QED) is 0.784. The summed E-state index contributed by atoms with van der Waals surface area (Å²) in [5.41, 5.74) is -0.0463. The van der Waals surface area contributed by atoms with Crippen LogP contribution in [0.15, 0.2) is 52.4 Å². The molecule has 0 unspecified atom stereocenters. The molecular weight excluding hydrogens is 314 g/mol. The number of hydrogen-bond acceptors (Lipinski definition) is 5. The van der Waals surface area contributed by atoms with Gasteiger partial charge in [-0.1, -0.05) is 18.9 Å². The van der Waals surface area contributed by atoms with Crippen molar-refractivity contribution in [1.82, 2.24) is 9.29 Å². The Labute approximate surface area is 138 Å². The number of amides is 1. The fraction of sp³-hybridized carbons (Fsp3) is 0.188. The molecule has 1 amide bonds. The van der Waals surface area contributed by atoms with Crippen molar-refractivity contribution < 1.29 is 9.53 Å². The van der Waals surface area contributed by atoms with E-state index >= 15 is 0 Å². The number of hydrogen-bond donors (Lipinski definition) is 2. The van der Waals surface area contributed by atoms with E-state index in [1.807, 2.05) is 0 Å². The first-order chi connectivity index (χ1) is 10.9. The van der Waals surface area contributed by atoms with Gasteiger partial charge >= 0.3 is 0 Å². The summed E-state index contributed by atoms with van der Waals surface area (Å²) in [6, 6.07) is 9.82. The van der Waals surface area contributed by atoms with Crippen LogP contribution in [0.1, 0.15) is 29.8 Å². The molecule has 2 heterocycles. The topological polar surface area (TPSA) is 72.7 Å². The van der Waals surface area contributed by atoms with Crippen LogP contribution in [0.25, 0.3) is 0 Å². The van der Waals surface area contributed by atoms with Crippen LogP contribution in [0.3, 0.4) is 0 Å².